The number of fused-ring (bicyclic) bond motifs is 3. The molecule has 2 aliphatic rings. The molecule has 0 amide bonds. The summed E-state index contributed by atoms with van der Waals surface area (Å²) >= 11 is 0. The maximum atomic E-state index is 9.39. The van der Waals surface area contributed by atoms with Gasteiger partial charge in [-0.25, -0.2) is 0 Å². The second-order valence-corrected chi connectivity index (χ2v) is 5.43. The molecule has 1 nitrogen and oxygen atoms in total. The van der Waals surface area contributed by atoms with E-state index < -0.39 is 0 Å². The van der Waals surface area contributed by atoms with E-state index in [2.05, 4.69) is 24.3 Å². The van der Waals surface area contributed by atoms with Crippen LogP contribution in [0.15, 0.2) is 24.3 Å². The first-order valence-corrected chi connectivity index (χ1v) is 6.56. The lowest BCUT2D eigenvalue weighted by molar-refractivity contribution is 0.149. The number of benzene rings is 1. The highest BCUT2D eigenvalue weighted by atomic mass is 16.3. The monoisotopic (exact) mass is 216 g/mol. The van der Waals surface area contributed by atoms with Crippen molar-refractivity contribution in [2.45, 2.75) is 43.9 Å². The lowest BCUT2D eigenvalue weighted by atomic mass is 9.64. The zero-order chi connectivity index (χ0) is 11.0. The van der Waals surface area contributed by atoms with Crippen LogP contribution in [0.3, 0.4) is 0 Å². The number of rotatable bonds is 2. The van der Waals surface area contributed by atoms with E-state index in [0.29, 0.717) is 12.0 Å². The van der Waals surface area contributed by atoms with Crippen LogP contribution < -0.4 is 0 Å². The van der Waals surface area contributed by atoms with Gasteiger partial charge in [-0.2, -0.15) is 0 Å². The molecule has 0 radical (unpaired) electrons. The summed E-state index contributed by atoms with van der Waals surface area (Å²) in [5.74, 6) is 0.797. The molecule has 0 aromatic heterocycles. The summed E-state index contributed by atoms with van der Waals surface area (Å²) in [7, 11) is 0. The van der Waals surface area contributed by atoms with Crippen LogP contribution in [0.25, 0.3) is 0 Å². The quantitative estimate of drug-likeness (QED) is 0.805. The van der Waals surface area contributed by atoms with Crippen molar-refractivity contribution >= 4 is 0 Å². The van der Waals surface area contributed by atoms with Crippen molar-refractivity contribution in [3.05, 3.63) is 35.4 Å². The van der Waals surface area contributed by atoms with Crippen molar-refractivity contribution < 1.29 is 5.11 Å². The second-order valence-electron chi connectivity index (χ2n) is 5.43. The average Bonchev–Trinajstić information content (AvgIpc) is 2.64. The highest BCUT2D eigenvalue weighted by molar-refractivity contribution is 5.41. The Labute approximate surface area is 97.5 Å². The molecule has 3 rings (SSSR count). The molecule has 86 valence electrons. The molecular formula is C15H20O. The van der Waals surface area contributed by atoms with Gasteiger partial charge >= 0.3 is 0 Å². The van der Waals surface area contributed by atoms with Gasteiger partial charge in [0.15, 0.2) is 0 Å². The Bertz CT molecular complexity index is 381. The Hall–Kier alpha value is -0.820. The number of hydrogen-bond acceptors (Lipinski definition) is 1. The van der Waals surface area contributed by atoms with Gasteiger partial charge in [-0.1, -0.05) is 37.1 Å². The van der Waals surface area contributed by atoms with E-state index in [1.807, 2.05) is 0 Å². The molecular weight excluding hydrogens is 196 g/mol. The summed E-state index contributed by atoms with van der Waals surface area (Å²) < 4.78 is 0. The van der Waals surface area contributed by atoms with Crippen LogP contribution >= 0.6 is 0 Å². The van der Waals surface area contributed by atoms with Crippen LogP contribution in [0.2, 0.25) is 0 Å². The van der Waals surface area contributed by atoms with Crippen LogP contribution in [-0.2, 0) is 11.8 Å². The standard InChI is InChI=1S/C15H20O/c16-10-9-15-8-4-3-6-13(15)11-12-5-1-2-7-14(12)15/h1-2,5,7,13,16H,3-4,6,8-11H2/t13-,15+/m1/s1. The fourth-order valence-corrected chi connectivity index (χ4v) is 4.08. The Balaban J connectivity index is 2.06. The molecule has 16 heavy (non-hydrogen) atoms. The first kappa shape index (κ1) is 10.3. The van der Waals surface area contributed by atoms with Gasteiger partial charge in [0.25, 0.3) is 0 Å². The van der Waals surface area contributed by atoms with Crippen molar-refractivity contribution in [2.75, 3.05) is 6.61 Å². The van der Waals surface area contributed by atoms with Gasteiger partial charge in [0.2, 0.25) is 0 Å². The van der Waals surface area contributed by atoms with Crippen molar-refractivity contribution in [2.24, 2.45) is 5.92 Å². The van der Waals surface area contributed by atoms with Gasteiger partial charge in [-0.05, 0) is 42.7 Å². The van der Waals surface area contributed by atoms with Gasteiger partial charge in [-0.15, -0.1) is 0 Å². The Morgan fingerprint density at radius 1 is 1.25 bits per heavy atom. The molecule has 2 aliphatic carbocycles. The zero-order valence-electron chi connectivity index (χ0n) is 9.78. The summed E-state index contributed by atoms with van der Waals surface area (Å²) in [6.45, 7) is 0.338. The molecule has 1 heteroatoms. The summed E-state index contributed by atoms with van der Waals surface area (Å²) in [4.78, 5) is 0. The highest BCUT2D eigenvalue weighted by Crippen LogP contribution is 2.53. The Morgan fingerprint density at radius 3 is 3.00 bits per heavy atom. The molecule has 1 fully saturated rings. The normalized spacial score (nSPS) is 32.2. The fourth-order valence-electron chi connectivity index (χ4n) is 4.08. The minimum Gasteiger partial charge on any atom is -0.396 e. The average molecular weight is 216 g/mol. The third-order valence-corrected chi connectivity index (χ3v) is 4.78. The minimum absolute atomic E-state index is 0.323. The topological polar surface area (TPSA) is 20.2 Å². The predicted octanol–water partition coefficient (Wildman–Crippen LogP) is 3.05. The molecule has 0 heterocycles. The molecule has 0 unspecified atom stereocenters. The first-order chi connectivity index (χ1) is 7.87. The van der Waals surface area contributed by atoms with Gasteiger partial charge in [0.05, 0.1) is 0 Å². The summed E-state index contributed by atoms with van der Waals surface area (Å²) in [5, 5.41) is 9.39. The fraction of sp³-hybridized carbons (Fsp3) is 0.600. The predicted molar refractivity (Wildman–Crippen MR) is 65.5 cm³/mol. The van der Waals surface area contributed by atoms with Gasteiger partial charge in [-0.3, -0.25) is 0 Å². The molecule has 0 saturated heterocycles. The smallest absolute Gasteiger partial charge is 0.0439 e. The molecule has 0 spiro atoms. The van der Waals surface area contributed by atoms with E-state index in [4.69, 9.17) is 0 Å². The van der Waals surface area contributed by atoms with E-state index in [1.54, 1.807) is 11.1 Å². The largest absolute Gasteiger partial charge is 0.396 e. The molecule has 1 aromatic carbocycles. The molecule has 2 atom stereocenters. The third kappa shape index (κ3) is 1.34. The first-order valence-electron chi connectivity index (χ1n) is 6.56. The molecule has 1 aromatic rings. The summed E-state index contributed by atoms with van der Waals surface area (Å²) in [6, 6.07) is 8.90. The number of aliphatic hydroxyl groups is 1. The van der Waals surface area contributed by atoms with Crippen LogP contribution in [-0.4, -0.2) is 11.7 Å². The summed E-state index contributed by atoms with van der Waals surface area (Å²) in [6.07, 6.45) is 7.57. The van der Waals surface area contributed by atoms with Crippen LogP contribution in [0.5, 0.6) is 0 Å². The van der Waals surface area contributed by atoms with E-state index in [0.717, 1.165) is 12.3 Å². The lowest BCUT2D eigenvalue weighted by Gasteiger charge is -2.40. The van der Waals surface area contributed by atoms with Gasteiger partial charge in [0.1, 0.15) is 0 Å². The van der Waals surface area contributed by atoms with Crippen molar-refractivity contribution in [1.82, 2.24) is 0 Å². The third-order valence-electron chi connectivity index (χ3n) is 4.78. The van der Waals surface area contributed by atoms with Crippen molar-refractivity contribution in [3.8, 4) is 0 Å². The molecule has 0 bridgehead atoms. The SMILES string of the molecule is OCC[C@@]12CCCC[C@@H]1Cc1ccccc12. The van der Waals surface area contributed by atoms with Crippen molar-refractivity contribution in [1.29, 1.82) is 0 Å². The maximum absolute atomic E-state index is 9.39. The second kappa shape index (κ2) is 3.89. The van der Waals surface area contributed by atoms with Gasteiger partial charge < -0.3 is 5.11 Å². The van der Waals surface area contributed by atoms with Crippen molar-refractivity contribution in [3.63, 3.8) is 0 Å². The summed E-state index contributed by atoms with van der Waals surface area (Å²) in [5.41, 5.74) is 3.42. The van der Waals surface area contributed by atoms with E-state index in [-0.39, 0.29) is 0 Å². The lowest BCUT2D eigenvalue weighted by Crippen LogP contribution is -2.35. The number of aliphatic hydroxyl groups excluding tert-OH is 1. The van der Waals surface area contributed by atoms with Gasteiger partial charge in [0, 0.05) is 12.0 Å². The Morgan fingerprint density at radius 2 is 2.12 bits per heavy atom. The minimum atomic E-state index is 0.323. The van der Waals surface area contributed by atoms with E-state index >= 15 is 0 Å². The molecule has 1 saturated carbocycles. The van der Waals surface area contributed by atoms with Crippen LogP contribution in [0, 0.1) is 5.92 Å². The van der Waals surface area contributed by atoms with E-state index in [1.165, 1.54) is 32.1 Å². The Kier molecular flexibility index (Phi) is 2.51. The number of hydrogen-bond donors (Lipinski definition) is 1. The van der Waals surface area contributed by atoms with Crippen LogP contribution in [0.1, 0.15) is 43.2 Å². The highest BCUT2D eigenvalue weighted by Gasteiger charge is 2.46. The molecule has 1 N–H and O–H groups in total. The zero-order valence-corrected chi connectivity index (χ0v) is 9.78. The van der Waals surface area contributed by atoms with E-state index in [9.17, 15) is 5.11 Å². The van der Waals surface area contributed by atoms with Crippen LogP contribution in [0.4, 0.5) is 0 Å². The maximum Gasteiger partial charge on any atom is 0.0439 e. The molecule has 0 aliphatic heterocycles.